The van der Waals surface area contributed by atoms with Gasteiger partial charge in [0.25, 0.3) is 5.91 Å². The normalized spacial score (nSPS) is 12.1. The molecular weight excluding hydrogens is 349 g/mol. The van der Waals surface area contributed by atoms with Gasteiger partial charge in [0.2, 0.25) is 0 Å². The molecule has 27 heavy (non-hydrogen) atoms. The number of carbonyl (C=O) groups excluding carboxylic acids is 1. The van der Waals surface area contributed by atoms with E-state index < -0.39 is 18.3 Å². The highest BCUT2D eigenvalue weighted by atomic mass is 19.1. The molecule has 3 rings (SSSR count). The van der Waals surface area contributed by atoms with Gasteiger partial charge in [-0.1, -0.05) is 18.2 Å². The molecule has 1 amide bonds. The maximum Gasteiger partial charge on any atom is 0.295 e. The van der Waals surface area contributed by atoms with Crippen LogP contribution in [-0.4, -0.2) is 22.5 Å². The summed E-state index contributed by atoms with van der Waals surface area (Å²) in [6, 6.07) is 12.3. The number of rotatable bonds is 7. The van der Waals surface area contributed by atoms with Gasteiger partial charge >= 0.3 is 0 Å². The second-order valence-corrected chi connectivity index (χ2v) is 5.36. The molecule has 1 heterocycles. The lowest BCUT2D eigenvalue weighted by Crippen LogP contribution is -2.25. The van der Waals surface area contributed by atoms with Crippen LogP contribution < -0.4 is 10.2 Å². The second kappa shape index (κ2) is 8.86. The van der Waals surface area contributed by atoms with E-state index in [4.69, 9.17) is 12.3 Å². The van der Waals surface area contributed by atoms with Gasteiger partial charge in [0.1, 0.15) is 23.8 Å². The Labute approximate surface area is 158 Å². The third kappa shape index (κ3) is 4.86. The van der Waals surface area contributed by atoms with E-state index in [1.807, 2.05) is 12.4 Å². The van der Waals surface area contributed by atoms with Crippen molar-refractivity contribution in [3.05, 3.63) is 78.0 Å². The summed E-state index contributed by atoms with van der Waals surface area (Å²) in [4.78, 5) is 25.3. The zero-order valence-corrected chi connectivity index (χ0v) is 14.5. The summed E-state index contributed by atoms with van der Waals surface area (Å²) in [5, 5.41) is 0. The van der Waals surface area contributed by atoms with Gasteiger partial charge < -0.3 is 4.74 Å². The van der Waals surface area contributed by atoms with Gasteiger partial charge in [-0.05, 0) is 37.3 Å². The Morgan fingerprint density at radius 3 is 2.70 bits per heavy atom. The first-order valence-corrected chi connectivity index (χ1v) is 8.19. The van der Waals surface area contributed by atoms with Crippen LogP contribution in [0.3, 0.4) is 0 Å². The van der Waals surface area contributed by atoms with Gasteiger partial charge in [0.05, 0.1) is 27.4 Å². The summed E-state index contributed by atoms with van der Waals surface area (Å²) in [6.07, 6.45) is 2.71. The minimum absolute atomic E-state index is 0.0827. The second-order valence-electron chi connectivity index (χ2n) is 5.36. The highest BCUT2D eigenvalue weighted by Gasteiger charge is 2.11. The molecular formula is C20H18FN3O3. The Morgan fingerprint density at radius 1 is 1.19 bits per heavy atom. The maximum atomic E-state index is 13.8. The largest absolute Gasteiger partial charge is 0.494 e. The molecule has 0 spiro atoms. The Hall–Kier alpha value is -3.32. The van der Waals surface area contributed by atoms with Crippen molar-refractivity contribution in [1.29, 1.82) is 0 Å². The Morgan fingerprint density at radius 2 is 1.96 bits per heavy atom. The molecule has 0 bridgehead atoms. The zero-order valence-electron chi connectivity index (χ0n) is 16.5. The highest BCUT2D eigenvalue weighted by Crippen LogP contribution is 2.20. The molecule has 0 atom stereocenters. The molecule has 0 aliphatic rings. The molecule has 0 aliphatic carbocycles. The summed E-state index contributed by atoms with van der Waals surface area (Å²) < 4.78 is 34.8. The van der Waals surface area contributed by atoms with Gasteiger partial charge in [0, 0.05) is 11.1 Å². The first kappa shape index (κ1) is 15.9. The Kier molecular flexibility index (Phi) is 5.22. The number of amides is 1. The monoisotopic (exact) mass is 369 g/mol. The van der Waals surface area contributed by atoms with E-state index in [1.165, 1.54) is 30.6 Å². The first-order chi connectivity index (χ1) is 13.9. The molecule has 0 fully saturated rings. The molecule has 7 heteroatoms. The van der Waals surface area contributed by atoms with Crippen LogP contribution >= 0.6 is 0 Å². The van der Waals surface area contributed by atoms with Crippen LogP contribution in [-0.2, 0) is 11.4 Å². The fourth-order valence-electron chi connectivity index (χ4n) is 2.23. The summed E-state index contributed by atoms with van der Waals surface area (Å²) in [5.41, 5.74) is 2.71. The number of hydrogen-bond donors (Lipinski definition) is 1. The summed E-state index contributed by atoms with van der Waals surface area (Å²) >= 11 is 0. The number of nitrogens with zero attached hydrogens (tertiary/aromatic N) is 2. The van der Waals surface area contributed by atoms with E-state index in [0.717, 1.165) is 11.6 Å². The standard InChI is InChI=1S/C20H18FN3O3/c1-2-26-16-9-7-14(8-10-16)18-11-22-12-19(23-18)20(25)24-27-13-15-5-3-4-6-17(15)21/h3-12H,2,13H2,1H3,(H,24,25)/i13D2. The van der Waals surface area contributed by atoms with Crippen LogP contribution in [0.2, 0.25) is 0 Å². The van der Waals surface area contributed by atoms with E-state index in [0.29, 0.717) is 18.1 Å². The molecule has 0 saturated heterocycles. The van der Waals surface area contributed by atoms with E-state index in [9.17, 15) is 9.18 Å². The van der Waals surface area contributed by atoms with Crippen molar-refractivity contribution < 1.29 is 21.5 Å². The average Bonchev–Trinajstić information content (AvgIpc) is 2.73. The van der Waals surface area contributed by atoms with Gasteiger partial charge in [-0.3, -0.25) is 14.6 Å². The summed E-state index contributed by atoms with van der Waals surface area (Å²) in [6.45, 7) is -0.130. The van der Waals surface area contributed by atoms with E-state index in [1.54, 1.807) is 24.3 Å². The smallest absolute Gasteiger partial charge is 0.295 e. The fraction of sp³-hybridized carbons (Fsp3) is 0.150. The molecule has 0 radical (unpaired) electrons. The molecule has 138 valence electrons. The summed E-state index contributed by atoms with van der Waals surface area (Å²) in [5.74, 6) is -0.892. The number of nitrogens with one attached hydrogen (secondary N) is 1. The van der Waals surface area contributed by atoms with Crippen LogP contribution in [0.5, 0.6) is 5.75 Å². The molecule has 0 saturated carbocycles. The number of hydroxylamine groups is 1. The molecule has 1 aromatic heterocycles. The van der Waals surface area contributed by atoms with E-state index in [2.05, 4.69) is 9.97 Å². The molecule has 6 nitrogen and oxygen atoms in total. The number of ether oxygens (including phenoxy) is 1. The SMILES string of the molecule is [2H]C([2H])(ONC(=O)c1cncc(-c2ccc(OCC)cc2)n1)c1ccccc1F. The molecule has 0 aliphatic heterocycles. The van der Waals surface area contributed by atoms with Crippen molar-refractivity contribution in [3.8, 4) is 17.0 Å². The highest BCUT2D eigenvalue weighted by molar-refractivity contribution is 5.91. The minimum atomic E-state index is -2.57. The number of carbonyl (C=O) groups is 1. The van der Waals surface area contributed by atoms with Crippen LogP contribution in [0.1, 0.15) is 25.7 Å². The lowest BCUT2D eigenvalue weighted by Gasteiger charge is -2.08. The predicted octanol–water partition coefficient (Wildman–Crippen LogP) is 3.54. The Bertz CT molecular complexity index is 1000. The van der Waals surface area contributed by atoms with E-state index in [-0.39, 0.29) is 11.3 Å². The average molecular weight is 369 g/mol. The summed E-state index contributed by atoms with van der Waals surface area (Å²) in [7, 11) is 0. The predicted molar refractivity (Wildman–Crippen MR) is 97.3 cm³/mol. The molecule has 3 aromatic rings. The van der Waals surface area contributed by atoms with E-state index >= 15 is 0 Å². The topological polar surface area (TPSA) is 73.3 Å². The fourth-order valence-corrected chi connectivity index (χ4v) is 2.23. The zero-order chi connectivity index (χ0) is 20.9. The van der Waals surface area contributed by atoms with Crippen molar-refractivity contribution in [3.63, 3.8) is 0 Å². The molecule has 2 aromatic carbocycles. The van der Waals surface area contributed by atoms with Gasteiger partial charge in [-0.25, -0.2) is 14.9 Å². The van der Waals surface area contributed by atoms with Gasteiger partial charge in [0.15, 0.2) is 0 Å². The first-order valence-electron chi connectivity index (χ1n) is 9.19. The van der Waals surface area contributed by atoms with Crippen molar-refractivity contribution >= 4 is 5.91 Å². The van der Waals surface area contributed by atoms with Gasteiger partial charge in [-0.15, -0.1) is 0 Å². The number of benzene rings is 2. The van der Waals surface area contributed by atoms with Crippen LogP contribution in [0.15, 0.2) is 60.9 Å². The minimum Gasteiger partial charge on any atom is -0.494 e. The number of halogens is 1. The number of hydrogen-bond acceptors (Lipinski definition) is 5. The van der Waals surface area contributed by atoms with Crippen molar-refractivity contribution in [2.75, 3.05) is 6.61 Å². The maximum absolute atomic E-state index is 13.8. The molecule has 0 unspecified atom stereocenters. The number of aromatic nitrogens is 2. The Balaban J connectivity index is 1.72. The lowest BCUT2D eigenvalue weighted by atomic mass is 10.1. The quantitative estimate of drug-likeness (QED) is 0.645. The van der Waals surface area contributed by atoms with Crippen molar-refractivity contribution in [1.82, 2.24) is 15.4 Å². The van der Waals surface area contributed by atoms with Crippen molar-refractivity contribution in [2.24, 2.45) is 0 Å². The van der Waals surface area contributed by atoms with Crippen LogP contribution in [0, 0.1) is 5.82 Å². The van der Waals surface area contributed by atoms with Crippen LogP contribution in [0.25, 0.3) is 11.3 Å². The molecule has 1 N–H and O–H groups in total. The lowest BCUT2D eigenvalue weighted by molar-refractivity contribution is 0.0219. The van der Waals surface area contributed by atoms with Crippen molar-refractivity contribution in [2.45, 2.75) is 13.5 Å². The third-order valence-electron chi connectivity index (χ3n) is 3.51. The third-order valence-corrected chi connectivity index (χ3v) is 3.51. The van der Waals surface area contributed by atoms with Gasteiger partial charge in [-0.2, -0.15) is 0 Å². The van der Waals surface area contributed by atoms with Crippen LogP contribution in [0.4, 0.5) is 4.39 Å².